The van der Waals surface area contributed by atoms with Gasteiger partial charge in [-0.25, -0.2) is 0 Å². The Kier molecular flexibility index (Phi) is 21.2. The van der Waals surface area contributed by atoms with Crippen molar-refractivity contribution in [1.82, 2.24) is 9.80 Å². The van der Waals surface area contributed by atoms with Crippen LogP contribution in [0.1, 0.15) is 104 Å². The second-order valence-corrected chi connectivity index (χ2v) is 7.61. The van der Waals surface area contributed by atoms with E-state index in [0.717, 1.165) is 25.7 Å². The van der Waals surface area contributed by atoms with E-state index >= 15 is 0 Å². The molecule has 0 aromatic heterocycles. The van der Waals surface area contributed by atoms with Gasteiger partial charge in [-0.2, -0.15) is 0 Å². The van der Waals surface area contributed by atoms with Gasteiger partial charge < -0.3 is 9.80 Å². The maximum absolute atomic E-state index is 11.2. The Hall–Kier alpha value is -1.06. The van der Waals surface area contributed by atoms with E-state index in [2.05, 4.69) is 13.8 Å². The van der Waals surface area contributed by atoms with Crippen molar-refractivity contribution < 1.29 is 9.59 Å². The third-order valence-electron chi connectivity index (χ3n) is 4.49. The normalized spacial score (nSPS) is 10.1. The van der Waals surface area contributed by atoms with Crippen LogP contribution in [-0.2, 0) is 9.59 Å². The molecule has 0 heterocycles. The summed E-state index contributed by atoms with van der Waals surface area (Å²) < 4.78 is 0. The minimum absolute atomic E-state index is 0.256. The zero-order valence-corrected chi connectivity index (χ0v) is 18.6. The van der Waals surface area contributed by atoms with Gasteiger partial charge in [0.05, 0.1) is 0 Å². The SMILES string of the molecule is CCCCCCCC(=O)N(C)C.CCCCCCCCCC(=O)N(C)C. The molecule has 156 valence electrons. The van der Waals surface area contributed by atoms with Gasteiger partial charge in [0.1, 0.15) is 0 Å². The molecule has 4 nitrogen and oxygen atoms in total. The van der Waals surface area contributed by atoms with Crippen LogP contribution in [0.25, 0.3) is 0 Å². The van der Waals surface area contributed by atoms with Gasteiger partial charge in [0.15, 0.2) is 0 Å². The molecule has 0 aliphatic rings. The number of hydrogen-bond acceptors (Lipinski definition) is 2. The van der Waals surface area contributed by atoms with Crippen molar-refractivity contribution in [3.05, 3.63) is 0 Å². The highest BCUT2D eigenvalue weighted by atomic mass is 16.2. The summed E-state index contributed by atoms with van der Waals surface area (Å²) in [5.41, 5.74) is 0. The van der Waals surface area contributed by atoms with Gasteiger partial charge in [0.25, 0.3) is 0 Å². The summed E-state index contributed by atoms with van der Waals surface area (Å²) in [6.45, 7) is 4.43. The lowest BCUT2D eigenvalue weighted by Crippen LogP contribution is -2.20. The molecule has 0 aromatic rings. The van der Waals surface area contributed by atoms with E-state index in [1.54, 1.807) is 9.80 Å². The quantitative estimate of drug-likeness (QED) is 0.371. The van der Waals surface area contributed by atoms with Gasteiger partial charge in [-0.05, 0) is 12.8 Å². The Bertz CT molecular complexity index is 328. The molecule has 0 bridgehead atoms. The zero-order valence-electron chi connectivity index (χ0n) is 18.6. The third kappa shape index (κ3) is 21.0. The molecule has 0 unspecified atom stereocenters. The maximum Gasteiger partial charge on any atom is 0.222 e. The predicted octanol–water partition coefficient (Wildman–Crippen LogP) is 5.65. The minimum atomic E-state index is 0.256. The molecule has 0 aromatic carbocycles. The van der Waals surface area contributed by atoms with Crippen LogP contribution >= 0.6 is 0 Å². The van der Waals surface area contributed by atoms with E-state index in [9.17, 15) is 9.59 Å². The van der Waals surface area contributed by atoms with Gasteiger partial charge >= 0.3 is 0 Å². The predicted molar refractivity (Wildman–Crippen MR) is 113 cm³/mol. The Morgan fingerprint density at radius 3 is 1.04 bits per heavy atom. The molecule has 0 saturated carbocycles. The minimum Gasteiger partial charge on any atom is -0.349 e. The Morgan fingerprint density at radius 1 is 0.500 bits per heavy atom. The van der Waals surface area contributed by atoms with Crippen LogP contribution in [0.2, 0.25) is 0 Å². The number of carbonyl (C=O) groups is 2. The molecular weight excluding hydrogens is 324 g/mol. The summed E-state index contributed by atoms with van der Waals surface area (Å²) in [4.78, 5) is 25.6. The third-order valence-corrected chi connectivity index (χ3v) is 4.49. The van der Waals surface area contributed by atoms with E-state index in [1.165, 1.54) is 64.2 Å². The summed E-state index contributed by atoms with van der Waals surface area (Å²) in [6, 6.07) is 0. The fraction of sp³-hybridized carbons (Fsp3) is 0.909. The lowest BCUT2D eigenvalue weighted by Gasteiger charge is -2.09. The van der Waals surface area contributed by atoms with Crippen LogP contribution in [0, 0.1) is 0 Å². The first-order chi connectivity index (χ1) is 12.4. The van der Waals surface area contributed by atoms with Crippen molar-refractivity contribution in [2.24, 2.45) is 0 Å². The van der Waals surface area contributed by atoms with Crippen LogP contribution in [0.3, 0.4) is 0 Å². The second kappa shape index (κ2) is 20.3. The molecule has 2 amide bonds. The number of carbonyl (C=O) groups excluding carboxylic acids is 2. The van der Waals surface area contributed by atoms with Gasteiger partial charge in [-0.15, -0.1) is 0 Å². The van der Waals surface area contributed by atoms with Gasteiger partial charge in [0, 0.05) is 41.0 Å². The highest BCUT2D eigenvalue weighted by Gasteiger charge is 2.02. The number of unbranched alkanes of at least 4 members (excludes halogenated alkanes) is 10. The molecule has 0 saturated heterocycles. The molecule has 0 spiro atoms. The van der Waals surface area contributed by atoms with E-state index in [4.69, 9.17) is 0 Å². The molecule has 0 fully saturated rings. The molecule has 0 atom stereocenters. The summed E-state index contributed by atoms with van der Waals surface area (Å²) in [5.74, 6) is 0.519. The average Bonchev–Trinajstić information content (AvgIpc) is 2.60. The fourth-order valence-electron chi connectivity index (χ4n) is 2.56. The highest BCUT2D eigenvalue weighted by Crippen LogP contribution is 2.08. The molecule has 0 aliphatic heterocycles. The molecule has 26 heavy (non-hydrogen) atoms. The first-order valence-corrected chi connectivity index (χ1v) is 10.8. The second-order valence-electron chi connectivity index (χ2n) is 7.61. The smallest absolute Gasteiger partial charge is 0.222 e. The number of amides is 2. The van der Waals surface area contributed by atoms with E-state index in [1.807, 2.05) is 28.2 Å². The molecular formula is C22H46N2O2. The molecule has 4 heteroatoms. The molecule has 0 aliphatic carbocycles. The summed E-state index contributed by atoms with van der Waals surface area (Å²) in [6.07, 6.45) is 16.5. The number of nitrogens with zero attached hydrogens (tertiary/aromatic N) is 2. The van der Waals surface area contributed by atoms with Crippen molar-refractivity contribution >= 4 is 11.8 Å². The largest absolute Gasteiger partial charge is 0.349 e. The highest BCUT2D eigenvalue weighted by molar-refractivity contribution is 5.75. The monoisotopic (exact) mass is 370 g/mol. The number of rotatable bonds is 14. The van der Waals surface area contributed by atoms with Crippen LogP contribution in [0.4, 0.5) is 0 Å². The Morgan fingerprint density at radius 2 is 0.769 bits per heavy atom. The summed E-state index contributed by atoms with van der Waals surface area (Å²) >= 11 is 0. The van der Waals surface area contributed by atoms with Gasteiger partial charge in [0.2, 0.25) is 11.8 Å². The van der Waals surface area contributed by atoms with Crippen LogP contribution in [-0.4, -0.2) is 49.8 Å². The standard InChI is InChI=1S/C12H25NO.C10H21NO/c1-4-5-6-7-8-9-10-11-12(14)13(2)3;1-4-5-6-7-8-9-10(12)11(2)3/h4-11H2,1-3H3;4-9H2,1-3H3. The fourth-order valence-corrected chi connectivity index (χ4v) is 2.56. The van der Waals surface area contributed by atoms with Crippen molar-refractivity contribution in [2.75, 3.05) is 28.2 Å². The summed E-state index contributed by atoms with van der Waals surface area (Å²) in [7, 11) is 7.27. The van der Waals surface area contributed by atoms with Crippen molar-refractivity contribution in [1.29, 1.82) is 0 Å². The molecule has 0 N–H and O–H groups in total. The van der Waals surface area contributed by atoms with Crippen molar-refractivity contribution in [3.63, 3.8) is 0 Å². The van der Waals surface area contributed by atoms with E-state index < -0.39 is 0 Å². The van der Waals surface area contributed by atoms with E-state index in [-0.39, 0.29) is 11.8 Å². The summed E-state index contributed by atoms with van der Waals surface area (Å²) in [5, 5.41) is 0. The topological polar surface area (TPSA) is 40.6 Å². The van der Waals surface area contributed by atoms with Crippen LogP contribution in [0.5, 0.6) is 0 Å². The van der Waals surface area contributed by atoms with E-state index in [0.29, 0.717) is 0 Å². The Labute approximate surface area is 163 Å². The van der Waals surface area contributed by atoms with Gasteiger partial charge in [-0.1, -0.05) is 78.1 Å². The van der Waals surface area contributed by atoms with Crippen LogP contribution in [0.15, 0.2) is 0 Å². The zero-order chi connectivity index (χ0) is 20.2. The Balaban J connectivity index is 0. The average molecular weight is 371 g/mol. The molecule has 0 rings (SSSR count). The lowest BCUT2D eigenvalue weighted by molar-refractivity contribution is -0.129. The van der Waals surface area contributed by atoms with Crippen molar-refractivity contribution in [2.45, 2.75) is 104 Å². The maximum atomic E-state index is 11.2. The molecule has 0 radical (unpaired) electrons. The van der Waals surface area contributed by atoms with Crippen molar-refractivity contribution in [3.8, 4) is 0 Å². The van der Waals surface area contributed by atoms with Crippen LogP contribution < -0.4 is 0 Å². The lowest BCUT2D eigenvalue weighted by atomic mass is 10.1. The number of hydrogen-bond donors (Lipinski definition) is 0. The first kappa shape index (κ1) is 27.2. The van der Waals surface area contributed by atoms with Gasteiger partial charge in [-0.3, -0.25) is 9.59 Å². The first-order valence-electron chi connectivity index (χ1n) is 10.8.